The van der Waals surface area contributed by atoms with Crippen molar-refractivity contribution in [3.05, 3.63) is 46.0 Å². The molecule has 0 amide bonds. The van der Waals surface area contributed by atoms with Crippen molar-refractivity contribution in [2.75, 3.05) is 12.1 Å². The van der Waals surface area contributed by atoms with Gasteiger partial charge in [0, 0.05) is 23.2 Å². The molecule has 2 aromatic carbocycles. The lowest BCUT2D eigenvalue weighted by molar-refractivity contribution is -0.124. The molecule has 2 atom stereocenters. The Balaban J connectivity index is 1.70. The fourth-order valence-electron chi connectivity index (χ4n) is 4.76. The highest BCUT2D eigenvalue weighted by Crippen LogP contribution is 2.48. The predicted octanol–water partition coefficient (Wildman–Crippen LogP) is 5.93. The fourth-order valence-corrected chi connectivity index (χ4v) is 5.03. The topological polar surface area (TPSA) is 59.9 Å². The van der Waals surface area contributed by atoms with Gasteiger partial charge in [0.25, 0.3) is 0 Å². The van der Waals surface area contributed by atoms with E-state index in [2.05, 4.69) is 45.1 Å². The molecule has 0 saturated heterocycles. The molecule has 30 heavy (non-hydrogen) atoms. The van der Waals surface area contributed by atoms with Gasteiger partial charge in [-0.1, -0.05) is 25.4 Å². The summed E-state index contributed by atoms with van der Waals surface area (Å²) in [5.74, 6) is 1.11. The average molecular weight is 425 g/mol. The van der Waals surface area contributed by atoms with E-state index in [1.54, 1.807) is 6.07 Å². The zero-order valence-corrected chi connectivity index (χ0v) is 18.4. The van der Waals surface area contributed by atoms with E-state index in [-0.39, 0.29) is 30.0 Å². The van der Waals surface area contributed by atoms with Gasteiger partial charge in [-0.25, -0.2) is 0 Å². The predicted molar refractivity (Wildman–Crippen MR) is 118 cm³/mol. The monoisotopic (exact) mass is 424 g/mol. The van der Waals surface area contributed by atoms with Gasteiger partial charge in [-0.15, -0.1) is 0 Å². The molecule has 5 nitrogen and oxygen atoms in total. The summed E-state index contributed by atoms with van der Waals surface area (Å²) in [6.45, 7) is 8.61. The number of ketones is 1. The Hall–Kier alpha value is -2.53. The van der Waals surface area contributed by atoms with Crippen molar-refractivity contribution in [3.8, 4) is 11.5 Å². The number of hydrogen-bond acceptors (Lipinski definition) is 5. The number of anilines is 1. The first kappa shape index (κ1) is 19.4. The van der Waals surface area contributed by atoms with Crippen LogP contribution in [-0.4, -0.2) is 18.3 Å². The number of nitrogens with one attached hydrogen (secondary N) is 1. The van der Waals surface area contributed by atoms with Gasteiger partial charge >= 0.3 is 0 Å². The number of carbonyl (C=O) groups is 1. The molecule has 6 heteroatoms. The molecule has 2 aliphatic heterocycles. The van der Waals surface area contributed by atoms with Crippen LogP contribution in [0, 0.1) is 25.2 Å². The van der Waals surface area contributed by atoms with Crippen LogP contribution in [0.25, 0.3) is 0 Å². The molecule has 1 N–H and O–H groups in total. The number of hydrogen-bond donors (Lipinski definition) is 1. The zero-order chi connectivity index (χ0) is 21.2. The van der Waals surface area contributed by atoms with Gasteiger partial charge in [0.2, 0.25) is 6.79 Å². The van der Waals surface area contributed by atoms with Crippen molar-refractivity contribution < 1.29 is 14.3 Å². The van der Waals surface area contributed by atoms with Crippen LogP contribution >= 0.6 is 11.6 Å². The first-order valence-corrected chi connectivity index (χ1v) is 10.7. The van der Waals surface area contributed by atoms with E-state index in [1.165, 1.54) is 11.1 Å². The van der Waals surface area contributed by atoms with Crippen molar-refractivity contribution in [1.82, 2.24) is 0 Å². The molecule has 2 aromatic rings. The second-order valence-electron chi connectivity index (χ2n) is 9.37. The van der Waals surface area contributed by atoms with E-state index >= 15 is 0 Å². The Morgan fingerprint density at radius 3 is 2.53 bits per heavy atom. The van der Waals surface area contributed by atoms with E-state index in [0.717, 1.165) is 29.1 Å². The van der Waals surface area contributed by atoms with Crippen molar-refractivity contribution >= 4 is 34.5 Å². The van der Waals surface area contributed by atoms with Gasteiger partial charge in [0.15, 0.2) is 11.5 Å². The number of rotatable bonds is 1. The van der Waals surface area contributed by atoms with Gasteiger partial charge in [-0.3, -0.25) is 9.79 Å². The summed E-state index contributed by atoms with van der Waals surface area (Å²) in [6.07, 6.45) is 1.29. The van der Waals surface area contributed by atoms with E-state index in [1.807, 2.05) is 6.07 Å². The molecule has 3 aliphatic rings. The summed E-state index contributed by atoms with van der Waals surface area (Å²) in [4.78, 5) is 18.4. The molecule has 2 unspecified atom stereocenters. The summed E-state index contributed by atoms with van der Waals surface area (Å²) in [7, 11) is 0. The molecule has 0 bridgehead atoms. The minimum absolute atomic E-state index is 0.111. The molecule has 0 spiro atoms. The summed E-state index contributed by atoms with van der Waals surface area (Å²) in [6, 6.07) is 7.56. The molecule has 2 heterocycles. The molecule has 156 valence electrons. The van der Waals surface area contributed by atoms with Crippen molar-refractivity contribution in [2.45, 2.75) is 46.6 Å². The van der Waals surface area contributed by atoms with E-state index in [9.17, 15) is 4.79 Å². The number of halogens is 1. The minimum atomic E-state index is -0.371. The van der Waals surface area contributed by atoms with E-state index in [4.69, 9.17) is 26.1 Å². The van der Waals surface area contributed by atoms with Crippen LogP contribution in [0.15, 0.2) is 29.3 Å². The second-order valence-corrected chi connectivity index (χ2v) is 9.77. The molecule has 1 saturated carbocycles. The third kappa shape index (κ3) is 3.16. The lowest BCUT2D eigenvalue weighted by Gasteiger charge is -2.37. The molecule has 0 aromatic heterocycles. The average Bonchev–Trinajstić information content (AvgIpc) is 3.03. The highest BCUT2D eigenvalue weighted by atomic mass is 35.5. The lowest BCUT2D eigenvalue weighted by Crippen LogP contribution is -2.42. The van der Waals surface area contributed by atoms with Gasteiger partial charge in [-0.05, 0) is 60.6 Å². The third-order valence-corrected chi connectivity index (χ3v) is 6.69. The van der Waals surface area contributed by atoms with Crippen LogP contribution in [0.5, 0.6) is 11.5 Å². The highest BCUT2D eigenvalue weighted by molar-refractivity contribution is 6.31. The SMILES string of the molecule is Cc1cc2c(cc1C)NC(c1cc3c(cc1Cl)OCO3)C1C(=O)CC(C)(C)CC1=N2. The normalized spacial score (nSPS) is 23.8. The first-order valence-electron chi connectivity index (χ1n) is 10.3. The lowest BCUT2D eigenvalue weighted by atomic mass is 9.68. The van der Waals surface area contributed by atoms with Crippen molar-refractivity contribution in [3.63, 3.8) is 0 Å². The number of benzene rings is 2. The van der Waals surface area contributed by atoms with E-state index in [0.29, 0.717) is 22.9 Å². The maximum absolute atomic E-state index is 13.4. The Bertz CT molecular complexity index is 1110. The Morgan fingerprint density at radius 1 is 1.07 bits per heavy atom. The van der Waals surface area contributed by atoms with Gasteiger partial charge in [0.05, 0.1) is 23.3 Å². The first-order chi connectivity index (χ1) is 14.2. The van der Waals surface area contributed by atoms with Gasteiger partial charge in [0.1, 0.15) is 5.78 Å². The number of aryl methyl sites for hydroxylation is 2. The van der Waals surface area contributed by atoms with Crippen LogP contribution in [-0.2, 0) is 4.79 Å². The van der Waals surface area contributed by atoms with Crippen LogP contribution in [0.1, 0.15) is 49.4 Å². The number of Topliss-reactive ketones (excluding diaryl/α,β-unsaturated/α-hetero) is 1. The quantitative estimate of drug-likeness (QED) is 0.616. The number of fused-ring (bicyclic) bond motifs is 3. The Labute approximate surface area is 181 Å². The standard InChI is InChI=1S/C24H25ClN2O3/c1-12-5-16-17(6-13(12)2)27-23(14-7-20-21(8-15(14)25)30-11-29-20)22-18(26-16)9-24(3,4)10-19(22)28/h5-8,22-23,27H,9-11H2,1-4H3. The van der Waals surface area contributed by atoms with E-state index < -0.39 is 0 Å². The summed E-state index contributed by atoms with van der Waals surface area (Å²) >= 11 is 6.69. The second kappa shape index (κ2) is 6.74. The zero-order valence-electron chi connectivity index (χ0n) is 17.6. The van der Waals surface area contributed by atoms with Crippen molar-refractivity contribution in [1.29, 1.82) is 0 Å². The summed E-state index contributed by atoms with van der Waals surface area (Å²) in [5.41, 5.74) is 5.79. The molecule has 1 aliphatic carbocycles. The number of aliphatic imine (C=N–C) groups is 1. The van der Waals surface area contributed by atoms with Gasteiger partial charge < -0.3 is 14.8 Å². The summed E-state index contributed by atoms with van der Waals surface area (Å²) < 4.78 is 11.1. The molecular weight excluding hydrogens is 400 g/mol. The third-order valence-electron chi connectivity index (χ3n) is 6.37. The van der Waals surface area contributed by atoms with Crippen LogP contribution in [0.2, 0.25) is 5.02 Å². The maximum Gasteiger partial charge on any atom is 0.231 e. The van der Waals surface area contributed by atoms with Crippen LogP contribution in [0.3, 0.4) is 0 Å². The van der Waals surface area contributed by atoms with Crippen LogP contribution < -0.4 is 14.8 Å². The highest BCUT2D eigenvalue weighted by Gasteiger charge is 2.44. The number of carbonyl (C=O) groups excluding carboxylic acids is 1. The number of nitrogens with zero attached hydrogens (tertiary/aromatic N) is 1. The maximum atomic E-state index is 13.4. The molecular formula is C24H25ClN2O3. The van der Waals surface area contributed by atoms with Crippen molar-refractivity contribution in [2.24, 2.45) is 16.3 Å². The minimum Gasteiger partial charge on any atom is -0.454 e. The van der Waals surface area contributed by atoms with Gasteiger partial charge in [-0.2, -0.15) is 0 Å². The summed E-state index contributed by atoms with van der Waals surface area (Å²) in [5, 5.41) is 4.17. The fraction of sp³-hybridized carbons (Fsp3) is 0.417. The Kier molecular flexibility index (Phi) is 4.37. The number of ether oxygens (including phenoxy) is 2. The Morgan fingerprint density at radius 2 is 1.77 bits per heavy atom. The largest absolute Gasteiger partial charge is 0.454 e. The molecule has 1 fully saturated rings. The van der Waals surface area contributed by atoms with Crippen LogP contribution in [0.4, 0.5) is 11.4 Å². The molecule has 5 rings (SSSR count). The smallest absolute Gasteiger partial charge is 0.231 e. The molecule has 0 radical (unpaired) electrons.